The van der Waals surface area contributed by atoms with Crippen LogP contribution in [-0.4, -0.2) is 41.1 Å². The minimum atomic E-state index is -3.26. The molecule has 0 aliphatic carbocycles. The van der Waals surface area contributed by atoms with Crippen molar-refractivity contribution >= 4 is 27.5 Å². The number of nitrogens with one attached hydrogen (secondary N) is 1. The van der Waals surface area contributed by atoms with Crippen LogP contribution in [0.4, 0.5) is 0 Å². The van der Waals surface area contributed by atoms with Crippen LogP contribution < -0.4 is 4.72 Å². The Morgan fingerprint density at radius 1 is 1.38 bits per heavy atom. The van der Waals surface area contributed by atoms with Gasteiger partial charge in [0.25, 0.3) is 5.91 Å². The summed E-state index contributed by atoms with van der Waals surface area (Å²) in [6, 6.07) is 3.57. The van der Waals surface area contributed by atoms with Gasteiger partial charge in [-0.2, -0.15) is 0 Å². The molecule has 0 bridgehead atoms. The molecule has 1 aliphatic rings. The summed E-state index contributed by atoms with van der Waals surface area (Å²) >= 11 is 5.98. The third kappa shape index (κ3) is 4.08. The summed E-state index contributed by atoms with van der Waals surface area (Å²) in [5.41, 5.74) is 3.20. The normalized spacial score (nSPS) is 14.3. The van der Waals surface area contributed by atoms with Crippen LogP contribution in [0.15, 0.2) is 24.5 Å². The van der Waals surface area contributed by atoms with Gasteiger partial charge < -0.3 is 9.47 Å². The molecular weight excluding hydrogens is 376 g/mol. The highest BCUT2D eigenvalue weighted by atomic mass is 35.5. The summed E-state index contributed by atoms with van der Waals surface area (Å²) in [5.74, 6) is -0.0468. The first-order valence-electron chi connectivity index (χ1n) is 8.34. The molecule has 1 amide bonds. The van der Waals surface area contributed by atoms with Gasteiger partial charge in [0.15, 0.2) is 0 Å². The van der Waals surface area contributed by atoms with E-state index < -0.39 is 10.0 Å². The standard InChI is InChI=1S/C17H21ClN4O3S/c1-3-26(24,25)20-9-12-6-13-10-22(5-4-15(13)19-8-12)17(23)16-7-14(18)11-21(16)2/h6-8,11,20H,3-5,9-10H2,1-2H3. The Hall–Kier alpha value is -1.90. The average Bonchev–Trinajstić information content (AvgIpc) is 2.97. The first kappa shape index (κ1) is 18.9. The van der Waals surface area contributed by atoms with E-state index in [1.54, 1.807) is 41.9 Å². The second kappa shape index (κ2) is 7.38. The first-order valence-corrected chi connectivity index (χ1v) is 10.4. The van der Waals surface area contributed by atoms with Crippen molar-refractivity contribution in [3.8, 4) is 0 Å². The number of aryl methyl sites for hydroxylation is 1. The molecule has 26 heavy (non-hydrogen) atoms. The van der Waals surface area contributed by atoms with Gasteiger partial charge in [0.05, 0.1) is 10.8 Å². The third-order valence-corrected chi connectivity index (χ3v) is 6.00. The van der Waals surface area contributed by atoms with E-state index in [0.717, 1.165) is 16.8 Å². The topological polar surface area (TPSA) is 84.3 Å². The number of pyridine rings is 1. The zero-order valence-electron chi connectivity index (χ0n) is 14.7. The summed E-state index contributed by atoms with van der Waals surface area (Å²) in [7, 11) is -1.47. The van der Waals surface area contributed by atoms with Gasteiger partial charge in [-0.15, -0.1) is 0 Å². The lowest BCUT2D eigenvalue weighted by Gasteiger charge is -2.28. The maximum absolute atomic E-state index is 12.8. The first-order chi connectivity index (χ1) is 12.3. The summed E-state index contributed by atoms with van der Waals surface area (Å²) in [4.78, 5) is 19.0. The smallest absolute Gasteiger partial charge is 0.270 e. The molecule has 1 aliphatic heterocycles. The largest absolute Gasteiger partial charge is 0.345 e. The van der Waals surface area contributed by atoms with E-state index in [4.69, 9.17) is 11.6 Å². The lowest BCUT2D eigenvalue weighted by atomic mass is 10.0. The molecule has 1 N–H and O–H groups in total. The minimum Gasteiger partial charge on any atom is -0.345 e. The fourth-order valence-corrected chi connectivity index (χ4v) is 3.78. The minimum absolute atomic E-state index is 0.0346. The Balaban J connectivity index is 1.75. The van der Waals surface area contributed by atoms with Crippen molar-refractivity contribution in [2.24, 2.45) is 7.05 Å². The van der Waals surface area contributed by atoms with Crippen LogP contribution in [0.5, 0.6) is 0 Å². The highest BCUT2D eigenvalue weighted by molar-refractivity contribution is 7.89. The van der Waals surface area contributed by atoms with Crippen molar-refractivity contribution in [3.05, 3.63) is 52.1 Å². The predicted octanol–water partition coefficient (Wildman–Crippen LogP) is 1.71. The average molecular weight is 397 g/mol. The van der Waals surface area contributed by atoms with Gasteiger partial charge in [-0.1, -0.05) is 11.6 Å². The van der Waals surface area contributed by atoms with Crippen LogP contribution in [0.1, 0.15) is 34.2 Å². The van der Waals surface area contributed by atoms with E-state index in [9.17, 15) is 13.2 Å². The molecule has 140 valence electrons. The maximum atomic E-state index is 12.8. The lowest BCUT2D eigenvalue weighted by Crippen LogP contribution is -2.37. The quantitative estimate of drug-likeness (QED) is 0.833. The van der Waals surface area contributed by atoms with Crippen molar-refractivity contribution in [1.82, 2.24) is 19.2 Å². The summed E-state index contributed by atoms with van der Waals surface area (Å²) in [6.45, 7) is 2.81. The molecule has 0 unspecified atom stereocenters. The van der Waals surface area contributed by atoms with Crippen molar-refractivity contribution in [2.75, 3.05) is 12.3 Å². The van der Waals surface area contributed by atoms with Crippen molar-refractivity contribution in [1.29, 1.82) is 0 Å². The van der Waals surface area contributed by atoms with E-state index in [1.165, 1.54) is 0 Å². The SMILES string of the molecule is CCS(=O)(=O)NCc1cnc2c(c1)CN(C(=O)c1cc(Cl)cn1C)CC2. The third-order valence-electron chi connectivity index (χ3n) is 4.45. The van der Waals surface area contributed by atoms with E-state index in [1.807, 2.05) is 6.07 Å². The second-order valence-corrected chi connectivity index (χ2v) is 8.84. The molecular formula is C17H21ClN4O3S. The molecule has 0 fully saturated rings. The number of hydrogen-bond acceptors (Lipinski definition) is 4. The summed E-state index contributed by atoms with van der Waals surface area (Å²) < 4.78 is 27.4. The molecule has 0 radical (unpaired) electrons. The number of sulfonamides is 1. The molecule has 3 rings (SSSR count). The summed E-state index contributed by atoms with van der Waals surface area (Å²) in [5, 5.41) is 0.528. The monoisotopic (exact) mass is 396 g/mol. The molecule has 0 saturated carbocycles. The van der Waals surface area contributed by atoms with E-state index in [2.05, 4.69) is 9.71 Å². The number of fused-ring (bicyclic) bond motifs is 1. The Morgan fingerprint density at radius 3 is 2.81 bits per heavy atom. The van der Waals surface area contributed by atoms with Gasteiger partial charge in [0.2, 0.25) is 10.0 Å². The van der Waals surface area contributed by atoms with E-state index in [-0.39, 0.29) is 18.2 Å². The zero-order chi connectivity index (χ0) is 18.9. The highest BCUT2D eigenvalue weighted by Crippen LogP contribution is 2.22. The lowest BCUT2D eigenvalue weighted by molar-refractivity contribution is 0.0724. The van der Waals surface area contributed by atoms with Gasteiger partial charge in [0, 0.05) is 51.2 Å². The number of carbonyl (C=O) groups is 1. The predicted molar refractivity (Wildman–Crippen MR) is 99.4 cm³/mol. The van der Waals surface area contributed by atoms with Crippen LogP contribution in [-0.2, 0) is 36.6 Å². The van der Waals surface area contributed by atoms with Crippen LogP contribution in [0.25, 0.3) is 0 Å². The molecule has 0 spiro atoms. The van der Waals surface area contributed by atoms with Gasteiger partial charge in [-0.3, -0.25) is 9.78 Å². The van der Waals surface area contributed by atoms with Crippen molar-refractivity contribution in [3.63, 3.8) is 0 Å². The fourth-order valence-electron chi connectivity index (χ4n) is 2.94. The summed E-state index contributed by atoms with van der Waals surface area (Å²) in [6.07, 6.45) is 4.05. The molecule has 2 aromatic rings. The Labute approximate surface area is 158 Å². The molecule has 7 nitrogen and oxygen atoms in total. The molecule has 0 aromatic carbocycles. The van der Waals surface area contributed by atoms with Gasteiger partial charge >= 0.3 is 0 Å². The Morgan fingerprint density at radius 2 is 2.15 bits per heavy atom. The molecule has 2 aromatic heterocycles. The Kier molecular flexibility index (Phi) is 5.36. The number of halogens is 1. The highest BCUT2D eigenvalue weighted by Gasteiger charge is 2.24. The van der Waals surface area contributed by atoms with Crippen LogP contribution in [0.2, 0.25) is 5.02 Å². The van der Waals surface area contributed by atoms with Crippen LogP contribution >= 0.6 is 11.6 Å². The molecule has 9 heteroatoms. The molecule has 0 saturated heterocycles. The fraction of sp³-hybridized carbons (Fsp3) is 0.412. The number of rotatable bonds is 5. The van der Waals surface area contributed by atoms with Gasteiger partial charge in [-0.25, -0.2) is 13.1 Å². The number of amides is 1. The van der Waals surface area contributed by atoms with Crippen molar-refractivity contribution in [2.45, 2.75) is 26.4 Å². The van der Waals surface area contributed by atoms with Crippen molar-refractivity contribution < 1.29 is 13.2 Å². The van der Waals surface area contributed by atoms with Gasteiger partial charge in [0.1, 0.15) is 5.69 Å². The maximum Gasteiger partial charge on any atom is 0.270 e. The zero-order valence-corrected chi connectivity index (χ0v) is 16.3. The van der Waals surface area contributed by atoms with E-state index >= 15 is 0 Å². The van der Waals surface area contributed by atoms with Gasteiger partial charge in [-0.05, 0) is 30.2 Å². The Bertz CT molecular complexity index is 939. The number of nitrogens with zero attached hydrogens (tertiary/aromatic N) is 3. The number of hydrogen-bond donors (Lipinski definition) is 1. The number of aromatic nitrogens is 2. The number of carbonyl (C=O) groups excluding carboxylic acids is 1. The molecule has 3 heterocycles. The second-order valence-electron chi connectivity index (χ2n) is 6.31. The van der Waals surface area contributed by atoms with Crippen LogP contribution in [0, 0.1) is 0 Å². The molecule has 0 atom stereocenters. The van der Waals surface area contributed by atoms with E-state index in [0.29, 0.717) is 30.2 Å². The van der Waals surface area contributed by atoms with Crippen LogP contribution in [0.3, 0.4) is 0 Å².